The number of hydrogen-bond acceptors (Lipinski definition) is 2. The van der Waals surface area contributed by atoms with Crippen molar-refractivity contribution in [2.24, 2.45) is 5.92 Å². The molecule has 0 aliphatic carbocycles. The number of cyclic esters (lactones) is 1. The molecule has 1 saturated heterocycles. The molecule has 1 unspecified atom stereocenters. The summed E-state index contributed by atoms with van der Waals surface area (Å²) in [5.41, 5.74) is 2.32. The molecule has 17 heavy (non-hydrogen) atoms. The summed E-state index contributed by atoms with van der Waals surface area (Å²) in [7, 11) is 0. The van der Waals surface area contributed by atoms with Gasteiger partial charge in [-0.15, -0.1) is 6.58 Å². The molecule has 1 atom stereocenters. The molecule has 0 spiro atoms. The Bertz CT molecular complexity index is 431. The van der Waals surface area contributed by atoms with Crippen molar-refractivity contribution in [2.75, 3.05) is 6.61 Å². The highest BCUT2D eigenvalue weighted by Gasteiger charge is 2.25. The Kier molecular flexibility index (Phi) is 3.76. The van der Waals surface area contributed by atoms with Crippen LogP contribution in [0.1, 0.15) is 18.4 Å². The van der Waals surface area contributed by atoms with Crippen LogP contribution < -0.4 is 0 Å². The maximum Gasteiger partial charge on any atom is 0.309 e. The molecule has 2 rings (SSSR count). The summed E-state index contributed by atoms with van der Waals surface area (Å²) < 4.78 is 5.17. The van der Waals surface area contributed by atoms with Crippen molar-refractivity contribution in [2.45, 2.75) is 12.8 Å². The highest BCUT2D eigenvalue weighted by atomic mass is 16.5. The first-order valence-corrected chi connectivity index (χ1v) is 5.81. The van der Waals surface area contributed by atoms with Gasteiger partial charge in [0.25, 0.3) is 0 Å². The van der Waals surface area contributed by atoms with Gasteiger partial charge in [-0.05, 0) is 24.0 Å². The number of rotatable bonds is 3. The maximum atomic E-state index is 11.5. The van der Waals surface area contributed by atoms with Crippen molar-refractivity contribution in [1.82, 2.24) is 0 Å². The second-order valence-corrected chi connectivity index (χ2v) is 4.25. The lowest BCUT2D eigenvalue weighted by molar-refractivity contribution is -0.149. The van der Waals surface area contributed by atoms with E-state index in [9.17, 15) is 4.79 Å². The maximum absolute atomic E-state index is 11.5. The van der Waals surface area contributed by atoms with Crippen LogP contribution in [0.25, 0.3) is 6.08 Å². The number of ether oxygens (including phenoxy) is 1. The van der Waals surface area contributed by atoms with E-state index in [0.717, 1.165) is 12.0 Å². The third kappa shape index (κ3) is 3.06. The minimum Gasteiger partial charge on any atom is -0.461 e. The highest BCUT2D eigenvalue weighted by Crippen LogP contribution is 2.24. The SMILES string of the molecule is C=CCC1CC(=Cc2ccccc2)COC1=O. The van der Waals surface area contributed by atoms with Crippen LogP contribution in [0.2, 0.25) is 0 Å². The predicted octanol–water partition coefficient (Wildman–Crippen LogP) is 3.21. The summed E-state index contributed by atoms with van der Waals surface area (Å²) in [5.74, 6) is -0.161. The van der Waals surface area contributed by atoms with Gasteiger partial charge in [0, 0.05) is 0 Å². The summed E-state index contributed by atoms with van der Waals surface area (Å²) in [6.45, 7) is 4.09. The quantitative estimate of drug-likeness (QED) is 0.586. The molecular weight excluding hydrogens is 212 g/mol. The van der Waals surface area contributed by atoms with Gasteiger partial charge in [0.05, 0.1) is 5.92 Å². The Balaban J connectivity index is 2.10. The van der Waals surface area contributed by atoms with Crippen LogP contribution in [0.3, 0.4) is 0 Å². The normalized spacial score (nSPS) is 22.2. The molecule has 2 nitrogen and oxygen atoms in total. The minimum atomic E-state index is -0.102. The largest absolute Gasteiger partial charge is 0.461 e. The Morgan fingerprint density at radius 1 is 1.35 bits per heavy atom. The fourth-order valence-corrected chi connectivity index (χ4v) is 2.01. The molecule has 1 aromatic carbocycles. The number of benzene rings is 1. The highest BCUT2D eigenvalue weighted by molar-refractivity contribution is 5.75. The third-order valence-corrected chi connectivity index (χ3v) is 2.86. The molecule has 0 amide bonds. The molecule has 1 aliphatic heterocycles. The Hall–Kier alpha value is -1.83. The lowest BCUT2D eigenvalue weighted by Crippen LogP contribution is -2.25. The number of esters is 1. The molecular formula is C15H16O2. The van der Waals surface area contributed by atoms with E-state index in [1.54, 1.807) is 6.08 Å². The Morgan fingerprint density at radius 3 is 2.82 bits per heavy atom. The van der Waals surface area contributed by atoms with Crippen LogP contribution in [-0.4, -0.2) is 12.6 Å². The van der Waals surface area contributed by atoms with Crippen LogP contribution in [0, 0.1) is 5.92 Å². The van der Waals surface area contributed by atoms with E-state index >= 15 is 0 Å². The number of carbonyl (C=O) groups excluding carboxylic acids is 1. The van der Waals surface area contributed by atoms with Crippen molar-refractivity contribution in [1.29, 1.82) is 0 Å². The Morgan fingerprint density at radius 2 is 2.12 bits per heavy atom. The van der Waals surface area contributed by atoms with Gasteiger partial charge in [0.1, 0.15) is 6.61 Å². The van der Waals surface area contributed by atoms with Crippen LogP contribution in [0.5, 0.6) is 0 Å². The van der Waals surface area contributed by atoms with Gasteiger partial charge in [-0.1, -0.05) is 42.5 Å². The summed E-state index contributed by atoms with van der Waals surface area (Å²) in [4.78, 5) is 11.5. The lowest BCUT2D eigenvalue weighted by Gasteiger charge is -2.22. The Labute approximate surface area is 102 Å². The van der Waals surface area contributed by atoms with E-state index in [1.807, 2.05) is 30.3 Å². The van der Waals surface area contributed by atoms with Gasteiger partial charge < -0.3 is 4.74 Å². The zero-order valence-electron chi connectivity index (χ0n) is 9.76. The predicted molar refractivity (Wildman–Crippen MR) is 68.3 cm³/mol. The molecule has 1 heterocycles. The number of allylic oxidation sites excluding steroid dienone is 1. The topological polar surface area (TPSA) is 26.3 Å². The molecule has 2 heteroatoms. The van der Waals surface area contributed by atoms with Crippen LogP contribution in [-0.2, 0) is 9.53 Å². The second kappa shape index (κ2) is 5.48. The second-order valence-electron chi connectivity index (χ2n) is 4.25. The first kappa shape index (κ1) is 11.6. The molecule has 1 aromatic rings. The van der Waals surface area contributed by atoms with E-state index in [2.05, 4.69) is 12.7 Å². The van der Waals surface area contributed by atoms with E-state index in [1.165, 1.54) is 5.57 Å². The molecule has 1 aliphatic rings. The van der Waals surface area contributed by atoms with Crippen molar-refractivity contribution in [3.05, 3.63) is 54.1 Å². The van der Waals surface area contributed by atoms with Gasteiger partial charge in [-0.2, -0.15) is 0 Å². The van der Waals surface area contributed by atoms with Gasteiger partial charge in [-0.25, -0.2) is 0 Å². The number of hydrogen-bond donors (Lipinski definition) is 0. The zero-order chi connectivity index (χ0) is 12.1. The van der Waals surface area contributed by atoms with Gasteiger partial charge >= 0.3 is 5.97 Å². The molecule has 0 saturated carbocycles. The molecule has 88 valence electrons. The zero-order valence-corrected chi connectivity index (χ0v) is 9.76. The molecule has 0 N–H and O–H groups in total. The fourth-order valence-electron chi connectivity index (χ4n) is 2.01. The number of carbonyl (C=O) groups is 1. The first-order chi connectivity index (χ1) is 8.29. The van der Waals surface area contributed by atoms with E-state index in [-0.39, 0.29) is 11.9 Å². The molecule has 0 aromatic heterocycles. The lowest BCUT2D eigenvalue weighted by atomic mass is 9.93. The van der Waals surface area contributed by atoms with Gasteiger partial charge in [-0.3, -0.25) is 4.79 Å². The molecule has 0 bridgehead atoms. The van der Waals surface area contributed by atoms with E-state index in [0.29, 0.717) is 13.0 Å². The van der Waals surface area contributed by atoms with Crippen molar-refractivity contribution in [3.63, 3.8) is 0 Å². The fraction of sp³-hybridized carbons (Fsp3) is 0.267. The van der Waals surface area contributed by atoms with Crippen LogP contribution in [0.15, 0.2) is 48.6 Å². The van der Waals surface area contributed by atoms with E-state index < -0.39 is 0 Å². The standard InChI is InChI=1S/C15H16O2/c1-2-6-14-10-13(11-17-15(14)16)9-12-7-4-3-5-8-12/h2-5,7-9,14H,1,6,10-11H2. The first-order valence-electron chi connectivity index (χ1n) is 5.81. The van der Waals surface area contributed by atoms with Crippen LogP contribution >= 0.6 is 0 Å². The smallest absolute Gasteiger partial charge is 0.309 e. The monoisotopic (exact) mass is 228 g/mol. The molecule has 0 radical (unpaired) electrons. The summed E-state index contributed by atoms with van der Waals surface area (Å²) >= 11 is 0. The van der Waals surface area contributed by atoms with E-state index in [4.69, 9.17) is 4.74 Å². The third-order valence-electron chi connectivity index (χ3n) is 2.86. The molecule has 1 fully saturated rings. The average Bonchev–Trinajstić information content (AvgIpc) is 2.35. The average molecular weight is 228 g/mol. The van der Waals surface area contributed by atoms with Crippen molar-refractivity contribution < 1.29 is 9.53 Å². The van der Waals surface area contributed by atoms with Crippen molar-refractivity contribution >= 4 is 12.0 Å². The van der Waals surface area contributed by atoms with Gasteiger partial charge in [0.2, 0.25) is 0 Å². The summed E-state index contributed by atoms with van der Waals surface area (Å²) in [5, 5.41) is 0. The summed E-state index contributed by atoms with van der Waals surface area (Å²) in [6.07, 6.45) is 5.34. The van der Waals surface area contributed by atoms with Crippen molar-refractivity contribution in [3.8, 4) is 0 Å². The minimum absolute atomic E-state index is 0.0591. The van der Waals surface area contributed by atoms with Gasteiger partial charge in [0.15, 0.2) is 0 Å². The summed E-state index contributed by atoms with van der Waals surface area (Å²) in [6, 6.07) is 10.1. The van der Waals surface area contributed by atoms with Crippen LogP contribution in [0.4, 0.5) is 0 Å².